The molecular formula is C14H23N3O3. The lowest BCUT2D eigenvalue weighted by molar-refractivity contribution is -0.143. The molecular weight excluding hydrogens is 258 g/mol. The van der Waals surface area contributed by atoms with Crippen LogP contribution < -0.4 is 5.32 Å². The molecule has 2 aliphatic heterocycles. The average Bonchev–Trinajstić information content (AvgIpc) is 3.20. The van der Waals surface area contributed by atoms with E-state index in [0.29, 0.717) is 19.5 Å². The highest BCUT2D eigenvalue weighted by molar-refractivity contribution is 5.76. The Morgan fingerprint density at radius 2 is 1.85 bits per heavy atom. The summed E-state index contributed by atoms with van der Waals surface area (Å²) in [5.41, 5.74) is 0. The molecule has 2 amide bonds. The number of urea groups is 1. The van der Waals surface area contributed by atoms with Gasteiger partial charge in [0.05, 0.1) is 5.92 Å². The SMILES string of the molecule is O=C(O)[C@@H]1CCCN(C(=O)NC2CCN(C3CC3)C2)C1. The summed E-state index contributed by atoms with van der Waals surface area (Å²) in [6, 6.07) is 0.898. The van der Waals surface area contributed by atoms with Gasteiger partial charge in [0.25, 0.3) is 0 Å². The molecule has 0 aromatic heterocycles. The maximum atomic E-state index is 12.2. The first-order valence-corrected chi connectivity index (χ1v) is 7.66. The van der Waals surface area contributed by atoms with Crippen LogP contribution in [0.5, 0.6) is 0 Å². The van der Waals surface area contributed by atoms with Crippen molar-refractivity contribution in [2.45, 2.75) is 44.2 Å². The van der Waals surface area contributed by atoms with Gasteiger partial charge in [-0.2, -0.15) is 0 Å². The number of likely N-dealkylation sites (tertiary alicyclic amines) is 2. The fourth-order valence-corrected chi connectivity index (χ4v) is 3.31. The summed E-state index contributed by atoms with van der Waals surface area (Å²) in [7, 11) is 0. The lowest BCUT2D eigenvalue weighted by atomic mass is 9.99. The fourth-order valence-electron chi connectivity index (χ4n) is 3.31. The fraction of sp³-hybridized carbons (Fsp3) is 0.857. The Kier molecular flexibility index (Phi) is 3.83. The zero-order valence-electron chi connectivity index (χ0n) is 11.8. The molecule has 112 valence electrons. The Balaban J connectivity index is 1.47. The molecule has 0 spiro atoms. The second kappa shape index (κ2) is 5.60. The number of hydrogen-bond acceptors (Lipinski definition) is 3. The molecule has 6 nitrogen and oxygen atoms in total. The van der Waals surface area contributed by atoms with Crippen molar-refractivity contribution in [1.29, 1.82) is 0 Å². The highest BCUT2D eigenvalue weighted by Gasteiger charge is 2.36. The van der Waals surface area contributed by atoms with Gasteiger partial charge in [-0.25, -0.2) is 4.79 Å². The molecule has 0 bridgehead atoms. The third kappa shape index (κ3) is 3.06. The van der Waals surface area contributed by atoms with E-state index in [2.05, 4.69) is 10.2 Å². The highest BCUT2D eigenvalue weighted by Crippen LogP contribution is 2.29. The third-order valence-electron chi connectivity index (χ3n) is 4.67. The highest BCUT2D eigenvalue weighted by atomic mass is 16.4. The number of aliphatic carboxylic acids is 1. The summed E-state index contributed by atoms with van der Waals surface area (Å²) in [5.74, 6) is -1.19. The minimum atomic E-state index is -0.789. The number of amides is 2. The zero-order chi connectivity index (χ0) is 14.1. The molecule has 20 heavy (non-hydrogen) atoms. The maximum Gasteiger partial charge on any atom is 0.317 e. The van der Waals surface area contributed by atoms with Crippen molar-refractivity contribution in [1.82, 2.24) is 15.1 Å². The summed E-state index contributed by atoms with van der Waals surface area (Å²) in [5, 5.41) is 12.1. The number of hydrogen-bond donors (Lipinski definition) is 2. The maximum absolute atomic E-state index is 12.2. The Bertz CT molecular complexity index is 397. The predicted octanol–water partition coefficient (Wildman–Crippen LogP) is 0.729. The predicted molar refractivity (Wildman–Crippen MR) is 73.5 cm³/mol. The van der Waals surface area contributed by atoms with Crippen LogP contribution >= 0.6 is 0 Å². The average molecular weight is 281 g/mol. The molecule has 0 radical (unpaired) electrons. The van der Waals surface area contributed by atoms with Crippen LogP contribution in [-0.4, -0.2) is 65.2 Å². The van der Waals surface area contributed by atoms with Crippen molar-refractivity contribution in [3.63, 3.8) is 0 Å². The van der Waals surface area contributed by atoms with Gasteiger partial charge in [0, 0.05) is 38.3 Å². The molecule has 2 heterocycles. The van der Waals surface area contributed by atoms with Crippen LogP contribution in [0, 0.1) is 5.92 Å². The van der Waals surface area contributed by atoms with Gasteiger partial charge in [-0.15, -0.1) is 0 Å². The number of nitrogens with zero attached hydrogens (tertiary/aromatic N) is 2. The van der Waals surface area contributed by atoms with Crippen molar-refractivity contribution >= 4 is 12.0 Å². The normalized spacial score (nSPS) is 31.3. The molecule has 3 rings (SSSR count). The van der Waals surface area contributed by atoms with Crippen LogP contribution in [0.2, 0.25) is 0 Å². The Labute approximate surface area is 119 Å². The van der Waals surface area contributed by atoms with Crippen LogP contribution in [0.1, 0.15) is 32.1 Å². The monoisotopic (exact) mass is 281 g/mol. The number of rotatable bonds is 3. The lowest BCUT2D eigenvalue weighted by Gasteiger charge is -2.31. The van der Waals surface area contributed by atoms with Gasteiger partial charge in [-0.1, -0.05) is 0 Å². The van der Waals surface area contributed by atoms with E-state index < -0.39 is 11.9 Å². The third-order valence-corrected chi connectivity index (χ3v) is 4.67. The van der Waals surface area contributed by atoms with E-state index in [1.54, 1.807) is 4.90 Å². The van der Waals surface area contributed by atoms with Gasteiger partial charge in [0.2, 0.25) is 0 Å². The van der Waals surface area contributed by atoms with Gasteiger partial charge in [0.15, 0.2) is 0 Å². The number of carboxylic acids is 1. The van der Waals surface area contributed by atoms with Crippen molar-refractivity contribution < 1.29 is 14.7 Å². The van der Waals surface area contributed by atoms with E-state index in [9.17, 15) is 9.59 Å². The molecule has 1 aliphatic carbocycles. The van der Waals surface area contributed by atoms with Gasteiger partial charge in [-0.3, -0.25) is 9.69 Å². The van der Waals surface area contributed by atoms with E-state index in [4.69, 9.17) is 5.11 Å². The minimum Gasteiger partial charge on any atom is -0.481 e. The summed E-state index contributed by atoms with van der Waals surface area (Å²) in [4.78, 5) is 27.4. The second-order valence-corrected chi connectivity index (χ2v) is 6.28. The topological polar surface area (TPSA) is 72.9 Å². The van der Waals surface area contributed by atoms with E-state index in [1.165, 1.54) is 12.8 Å². The largest absolute Gasteiger partial charge is 0.481 e. The first-order chi connectivity index (χ1) is 9.63. The Morgan fingerprint density at radius 1 is 1.05 bits per heavy atom. The van der Waals surface area contributed by atoms with E-state index in [-0.39, 0.29) is 12.1 Å². The van der Waals surface area contributed by atoms with Crippen LogP contribution in [0.4, 0.5) is 4.79 Å². The minimum absolute atomic E-state index is 0.0846. The number of nitrogens with one attached hydrogen (secondary N) is 1. The van der Waals surface area contributed by atoms with Crippen LogP contribution in [-0.2, 0) is 4.79 Å². The van der Waals surface area contributed by atoms with Gasteiger partial charge < -0.3 is 15.3 Å². The Hall–Kier alpha value is -1.30. The summed E-state index contributed by atoms with van der Waals surface area (Å²) in [6.45, 7) is 3.05. The number of carboxylic acid groups (broad SMARTS) is 1. The van der Waals surface area contributed by atoms with Gasteiger partial charge in [0.1, 0.15) is 0 Å². The lowest BCUT2D eigenvalue weighted by Crippen LogP contribution is -2.50. The summed E-state index contributed by atoms with van der Waals surface area (Å²) in [6.07, 6.45) is 5.07. The molecule has 3 aliphatic rings. The van der Waals surface area contributed by atoms with E-state index >= 15 is 0 Å². The summed E-state index contributed by atoms with van der Waals surface area (Å²) < 4.78 is 0. The van der Waals surface area contributed by atoms with Gasteiger partial charge in [-0.05, 0) is 32.1 Å². The van der Waals surface area contributed by atoms with Crippen LogP contribution in [0.15, 0.2) is 0 Å². The van der Waals surface area contributed by atoms with Crippen molar-refractivity contribution in [3.8, 4) is 0 Å². The number of carbonyl (C=O) groups is 2. The molecule has 0 aromatic rings. The molecule has 1 saturated carbocycles. The van der Waals surface area contributed by atoms with Crippen molar-refractivity contribution in [2.75, 3.05) is 26.2 Å². The molecule has 1 unspecified atom stereocenters. The molecule has 3 fully saturated rings. The first-order valence-electron chi connectivity index (χ1n) is 7.66. The zero-order valence-corrected chi connectivity index (χ0v) is 11.8. The smallest absolute Gasteiger partial charge is 0.317 e. The van der Waals surface area contributed by atoms with Crippen molar-refractivity contribution in [3.05, 3.63) is 0 Å². The molecule has 2 atom stereocenters. The molecule has 0 aromatic carbocycles. The molecule has 2 N–H and O–H groups in total. The first kappa shape index (κ1) is 13.7. The summed E-state index contributed by atoms with van der Waals surface area (Å²) >= 11 is 0. The van der Waals surface area contributed by atoms with Crippen LogP contribution in [0.25, 0.3) is 0 Å². The Morgan fingerprint density at radius 3 is 2.55 bits per heavy atom. The number of carbonyl (C=O) groups excluding carboxylic acids is 1. The number of piperidine rings is 1. The van der Waals surface area contributed by atoms with Crippen LogP contribution in [0.3, 0.4) is 0 Å². The van der Waals surface area contributed by atoms with Gasteiger partial charge >= 0.3 is 12.0 Å². The molecule has 6 heteroatoms. The van der Waals surface area contributed by atoms with E-state index in [1.807, 2.05) is 0 Å². The quantitative estimate of drug-likeness (QED) is 0.800. The standard InChI is InChI=1S/C14H23N3O3/c18-13(19)10-2-1-6-17(8-10)14(20)15-11-5-7-16(9-11)12-3-4-12/h10-12H,1-9H2,(H,15,20)(H,18,19)/t10-,11?/m1/s1. The molecule has 2 saturated heterocycles. The second-order valence-electron chi connectivity index (χ2n) is 6.28. The van der Waals surface area contributed by atoms with E-state index in [0.717, 1.165) is 32.0 Å². The van der Waals surface area contributed by atoms with Crippen molar-refractivity contribution in [2.24, 2.45) is 5.92 Å².